The van der Waals surface area contributed by atoms with Gasteiger partial charge < -0.3 is 19.9 Å². The molecule has 0 radical (unpaired) electrons. The van der Waals surface area contributed by atoms with Crippen molar-refractivity contribution in [3.05, 3.63) is 24.3 Å². The topological polar surface area (TPSA) is 67.8 Å². The van der Waals surface area contributed by atoms with Gasteiger partial charge in [0.05, 0.1) is 6.61 Å². The number of halogens is 1. The molecule has 0 bridgehead atoms. The van der Waals surface area contributed by atoms with Crippen LogP contribution in [0.3, 0.4) is 0 Å². The first-order valence-corrected chi connectivity index (χ1v) is 7.03. The van der Waals surface area contributed by atoms with Crippen LogP contribution in [0.4, 0.5) is 5.69 Å². The first-order chi connectivity index (χ1) is 9.65. The van der Waals surface area contributed by atoms with E-state index in [0.717, 1.165) is 0 Å². The third-order valence-corrected chi connectivity index (χ3v) is 2.61. The lowest BCUT2D eigenvalue weighted by Crippen LogP contribution is -2.23. The molecule has 112 valence electrons. The van der Waals surface area contributed by atoms with E-state index < -0.39 is 6.10 Å². The average Bonchev–Trinajstić information content (AvgIpc) is 2.44. The van der Waals surface area contributed by atoms with Crippen LogP contribution >= 0.6 is 11.6 Å². The van der Waals surface area contributed by atoms with Crippen LogP contribution in [0.5, 0.6) is 5.75 Å². The van der Waals surface area contributed by atoms with Crippen LogP contribution in [0.2, 0.25) is 0 Å². The van der Waals surface area contributed by atoms with Crippen molar-refractivity contribution < 1.29 is 19.4 Å². The minimum Gasteiger partial charge on any atom is -0.491 e. The zero-order chi connectivity index (χ0) is 14.8. The number of benzene rings is 1. The van der Waals surface area contributed by atoms with E-state index in [4.69, 9.17) is 21.1 Å². The molecule has 0 fully saturated rings. The van der Waals surface area contributed by atoms with Crippen LogP contribution in [0, 0.1) is 0 Å². The molecular weight excluding hydrogens is 282 g/mol. The molecule has 1 aromatic rings. The molecule has 1 amide bonds. The molecule has 0 aliphatic carbocycles. The highest BCUT2D eigenvalue weighted by atomic mass is 35.5. The number of carbonyl (C=O) groups excluding carboxylic acids is 1. The third-order valence-electron chi connectivity index (χ3n) is 2.42. The maximum Gasteiger partial charge on any atom is 0.225 e. The molecular formula is C14H20ClNO4. The summed E-state index contributed by atoms with van der Waals surface area (Å²) >= 11 is 5.48. The summed E-state index contributed by atoms with van der Waals surface area (Å²) in [6, 6.07) is 6.92. The molecule has 1 aromatic carbocycles. The largest absolute Gasteiger partial charge is 0.491 e. The molecule has 0 aliphatic heterocycles. The molecule has 0 aliphatic rings. The number of alkyl halides is 1. The Kier molecular flexibility index (Phi) is 8.02. The van der Waals surface area contributed by atoms with E-state index in [9.17, 15) is 9.90 Å². The molecule has 0 saturated heterocycles. The van der Waals surface area contributed by atoms with Crippen molar-refractivity contribution in [3.63, 3.8) is 0 Å². The highest BCUT2D eigenvalue weighted by molar-refractivity contribution is 6.19. The molecule has 1 atom stereocenters. The van der Waals surface area contributed by atoms with Crippen LogP contribution in [0.25, 0.3) is 0 Å². The zero-order valence-electron chi connectivity index (χ0n) is 11.5. The Morgan fingerprint density at radius 3 is 2.65 bits per heavy atom. The van der Waals surface area contributed by atoms with Crippen LogP contribution in [-0.4, -0.2) is 42.8 Å². The molecule has 0 aromatic heterocycles. The van der Waals surface area contributed by atoms with E-state index in [0.29, 0.717) is 23.9 Å². The number of hydrogen-bond acceptors (Lipinski definition) is 4. The van der Waals surface area contributed by atoms with Crippen molar-refractivity contribution in [2.75, 3.05) is 31.0 Å². The summed E-state index contributed by atoms with van der Waals surface area (Å²) in [6.07, 6.45) is -0.373. The first kappa shape index (κ1) is 16.8. The fourth-order valence-corrected chi connectivity index (χ4v) is 1.61. The van der Waals surface area contributed by atoms with Crippen LogP contribution in [-0.2, 0) is 9.53 Å². The van der Waals surface area contributed by atoms with Crippen molar-refractivity contribution in [1.29, 1.82) is 0 Å². The van der Waals surface area contributed by atoms with E-state index in [1.165, 1.54) is 0 Å². The van der Waals surface area contributed by atoms with E-state index in [2.05, 4.69) is 5.32 Å². The van der Waals surface area contributed by atoms with E-state index >= 15 is 0 Å². The second-order valence-corrected chi connectivity index (χ2v) is 4.51. The van der Waals surface area contributed by atoms with Gasteiger partial charge >= 0.3 is 0 Å². The number of anilines is 1. The standard InChI is InChI=1S/C14H20ClNO4/c1-2-19-9-12(17)10-20-13-5-3-11(4-6-13)16-14(18)7-8-15/h3-6,12,17H,2,7-10H2,1H3,(H,16,18). The van der Waals surface area contributed by atoms with Gasteiger partial charge in [0.1, 0.15) is 18.5 Å². The molecule has 5 nitrogen and oxygen atoms in total. The number of amides is 1. The van der Waals surface area contributed by atoms with Crippen molar-refractivity contribution in [2.45, 2.75) is 19.4 Å². The summed E-state index contributed by atoms with van der Waals surface area (Å²) in [5.41, 5.74) is 0.683. The minimum absolute atomic E-state index is 0.124. The average molecular weight is 302 g/mol. The summed E-state index contributed by atoms with van der Waals surface area (Å²) in [7, 11) is 0. The van der Waals surface area contributed by atoms with E-state index in [1.54, 1.807) is 24.3 Å². The Morgan fingerprint density at radius 2 is 2.05 bits per heavy atom. The molecule has 1 unspecified atom stereocenters. The van der Waals surface area contributed by atoms with Crippen LogP contribution in [0.1, 0.15) is 13.3 Å². The number of nitrogens with one attached hydrogen (secondary N) is 1. The minimum atomic E-state index is -0.655. The Hall–Kier alpha value is -1.30. The number of carbonyl (C=O) groups is 1. The predicted molar refractivity (Wildman–Crippen MR) is 78.4 cm³/mol. The summed E-state index contributed by atoms with van der Waals surface area (Å²) < 4.78 is 10.5. The van der Waals surface area contributed by atoms with Crippen molar-refractivity contribution in [2.24, 2.45) is 0 Å². The SMILES string of the molecule is CCOCC(O)COc1ccc(NC(=O)CCCl)cc1. The van der Waals surface area contributed by atoms with Gasteiger partial charge in [-0.05, 0) is 31.2 Å². The van der Waals surface area contributed by atoms with Crippen molar-refractivity contribution in [3.8, 4) is 5.75 Å². The van der Waals surface area contributed by atoms with E-state index in [1.807, 2.05) is 6.92 Å². The highest BCUT2D eigenvalue weighted by Crippen LogP contribution is 2.16. The second-order valence-electron chi connectivity index (χ2n) is 4.14. The van der Waals surface area contributed by atoms with Gasteiger partial charge in [0.2, 0.25) is 5.91 Å². The third kappa shape index (κ3) is 6.75. The van der Waals surface area contributed by atoms with Crippen LogP contribution < -0.4 is 10.1 Å². The van der Waals surface area contributed by atoms with E-state index in [-0.39, 0.29) is 25.5 Å². The maximum atomic E-state index is 11.3. The quantitative estimate of drug-likeness (QED) is 0.685. The van der Waals surface area contributed by atoms with Gasteiger partial charge in [-0.25, -0.2) is 0 Å². The number of hydrogen-bond donors (Lipinski definition) is 2. The summed E-state index contributed by atoms with van der Waals surface area (Å²) in [5, 5.41) is 12.3. The monoisotopic (exact) mass is 301 g/mol. The number of ether oxygens (including phenoxy) is 2. The van der Waals surface area contributed by atoms with Gasteiger partial charge in [0.25, 0.3) is 0 Å². The second kappa shape index (κ2) is 9.58. The fraction of sp³-hybridized carbons (Fsp3) is 0.500. The lowest BCUT2D eigenvalue weighted by atomic mass is 10.3. The summed E-state index contributed by atoms with van der Waals surface area (Å²) in [6.45, 7) is 2.85. The van der Waals surface area contributed by atoms with Crippen molar-refractivity contribution >= 4 is 23.2 Å². The Bertz CT molecular complexity index is 397. The van der Waals surface area contributed by atoms with Gasteiger partial charge in [-0.2, -0.15) is 0 Å². The Balaban J connectivity index is 2.36. The Morgan fingerprint density at radius 1 is 1.35 bits per heavy atom. The highest BCUT2D eigenvalue weighted by Gasteiger charge is 2.05. The number of aliphatic hydroxyl groups excluding tert-OH is 1. The van der Waals surface area contributed by atoms with Gasteiger partial charge in [0, 0.05) is 24.6 Å². The molecule has 20 heavy (non-hydrogen) atoms. The smallest absolute Gasteiger partial charge is 0.225 e. The molecule has 0 heterocycles. The van der Waals surface area contributed by atoms with Crippen molar-refractivity contribution in [1.82, 2.24) is 0 Å². The molecule has 1 rings (SSSR count). The maximum absolute atomic E-state index is 11.3. The number of aliphatic hydroxyl groups is 1. The van der Waals surface area contributed by atoms with Gasteiger partial charge in [-0.15, -0.1) is 11.6 Å². The first-order valence-electron chi connectivity index (χ1n) is 6.50. The summed E-state index contributed by atoms with van der Waals surface area (Å²) in [4.78, 5) is 11.3. The van der Waals surface area contributed by atoms with Gasteiger partial charge in [-0.3, -0.25) is 4.79 Å². The van der Waals surface area contributed by atoms with Gasteiger partial charge in [-0.1, -0.05) is 0 Å². The van der Waals surface area contributed by atoms with Crippen LogP contribution in [0.15, 0.2) is 24.3 Å². The molecule has 2 N–H and O–H groups in total. The lowest BCUT2D eigenvalue weighted by Gasteiger charge is -2.12. The lowest BCUT2D eigenvalue weighted by molar-refractivity contribution is -0.115. The normalized spacial score (nSPS) is 11.9. The molecule has 6 heteroatoms. The molecule has 0 saturated carbocycles. The zero-order valence-corrected chi connectivity index (χ0v) is 12.2. The Labute approximate surface area is 123 Å². The number of rotatable bonds is 9. The van der Waals surface area contributed by atoms with Gasteiger partial charge in [0.15, 0.2) is 0 Å². The summed E-state index contributed by atoms with van der Waals surface area (Å²) in [5.74, 6) is 0.793. The molecule has 0 spiro atoms. The fourth-order valence-electron chi connectivity index (χ4n) is 1.44. The predicted octanol–water partition coefficient (Wildman–Crippen LogP) is 2.03.